The zero-order valence-corrected chi connectivity index (χ0v) is 36.6. The summed E-state index contributed by atoms with van der Waals surface area (Å²) in [7, 11) is 5.58. The van der Waals surface area contributed by atoms with Gasteiger partial charge in [0.1, 0.15) is 60.5 Å². The molecule has 0 spiro atoms. The lowest BCUT2D eigenvalue weighted by Crippen LogP contribution is -2.56. The minimum atomic E-state index is -1.09. The SMILES string of the molecule is COC(=O)C[C@H](NC(=O)C[C@H](NC(=O)C[C@H](NC(=O)OC(C)(C)C)[C@H]1O[C@H](OC)[C@H]2OC(C)(C)O[C@H]21)[C@H]1O[C@H](OC)[C@H]2OC(C)(C)O[C@H]21)[C@H]1O[C@H](OC)[C@H]2OC(C)(C)O[C@H]21. The summed E-state index contributed by atoms with van der Waals surface area (Å²) in [6.07, 6.45) is -11.6. The number of carbonyl (C=O) groups is 4. The maximum atomic E-state index is 14.4. The zero-order valence-electron chi connectivity index (χ0n) is 36.6. The average molecular weight is 862 g/mol. The molecule has 6 aliphatic heterocycles. The number of alkyl carbamates (subject to hydrolysis) is 1. The number of hydrogen-bond acceptors (Lipinski definition) is 18. The summed E-state index contributed by atoms with van der Waals surface area (Å²) < 4.78 is 82.7. The first-order valence-corrected chi connectivity index (χ1v) is 20.2. The molecule has 6 rings (SSSR count). The molecular formula is C39H63N3O18. The minimum Gasteiger partial charge on any atom is -0.469 e. The van der Waals surface area contributed by atoms with E-state index in [1.54, 1.807) is 62.3 Å². The van der Waals surface area contributed by atoms with Gasteiger partial charge in [0.05, 0.1) is 31.7 Å². The molecule has 21 heteroatoms. The monoisotopic (exact) mass is 861 g/mol. The Bertz CT molecular complexity index is 1570. The lowest BCUT2D eigenvalue weighted by molar-refractivity contribution is -0.230. The van der Waals surface area contributed by atoms with E-state index in [4.69, 9.17) is 66.3 Å². The maximum absolute atomic E-state index is 14.4. The quantitative estimate of drug-likeness (QED) is 0.194. The molecule has 0 saturated carbocycles. The highest BCUT2D eigenvalue weighted by Gasteiger charge is 2.61. The highest BCUT2D eigenvalue weighted by atomic mass is 16.8. The van der Waals surface area contributed by atoms with Gasteiger partial charge in [-0.15, -0.1) is 0 Å². The van der Waals surface area contributed by atoms with Crippen LogP contribution in [0.5, 0.6) is 0 Å². The topological polar surface area (TPSA) is 234 Å². The van der Waals surface area contributed by atoms with Gasteiger partial charge < -0.3 is 82.3 Å². The van der Waals surface area contributed by atoms with E-state index in [-0.39, 0.29) is 19.3 Å². The Hall–Kier alpha value is -2.80. The standard InChI is InChI=1S/C39H63N3O18/c1-36(2,3)60-35(46)42-18(24-27-30(33(49-12)52-24)58-38(6,7)55-27)15-21(44)40-17(23-26-29(32(48-11)51-23)57-37(4,5)54-26)14-20(43)41-19(16-22(45)47-10)25-28-31(34(50-13)53-25)59-39(8,9)56-28/h17-19,23-34H,14-16H2,1-13H3,(H,40,44)(H,41,43)(H,42,46)/t17-,18-,19-,23+,24+,25+,26-,27-,28-,29-,30-,31-,32-,33-,34-/m0/s1. The fraction of sp³-hybridized carbons (Fsp3) is 0.897. The molecule has 60 heavy (non-hydrogen) atoms. The van der Waals surface area contributed by atoms with Gasteiger partial charge in [-0.3, -0.25) is 14.4 Å². The summed E-state index contributed by atoms with van der Waals surface area (Å²) in [6.45, 7) is 15.6. The van der Waals surface area contributed by atoms with Crippen LogP contribution in [-0.2, 0) is 80.7 Å². The van der Waals surface area contributed by atoms with E-state index in [1.165, 1.54) is 28.4 Å². The van der Waals surface area contributed by atoms with Crippen molar-refractivity contribution in [2.75, 3.05) is 28.4 Å². The van der Waals surface area contributed by atoms with E-state index in [9.17, 15) is 19.2 Å². The lowest BCUT2D eigenvalue weighted by Gasteiger charge is -2.32. The second-order valence-electron chi connectivity index (χ2n) is 18.1. The largest absolute Gasteiger partial charge is 0.469 e. The van der Waals surface area contributed by atoms with Crippen molar-refractivity contribution in [2.24, 2.45) is 0 Å². The van der Waals surface area contributed by atoms with Gasteiger partial charge in [-0.1, -0.05) is 0 Å². The van der Waals surface area contributed by atoms with Gasteiger partial charge in [-0.25, -0.2) is 4.79 Å². The van der Waals surface area contributed by atoms with Crippen LogP contribution < -0.4 is 16.0 Å². The molecule has 3 N–H and O–H groups in total. The molecule has 6 aliphatic rings. The summed E-state index contributed by atoms with van der Waals surface area (Å²) in [5.41, 5.74) is -0.864. The molecule has 0 aliphatic carbocycles. The molecule has 0 bridgehead atoms. The molecule has 6 heterocycles. The second-order valence-corrected chi connectivity index (χ2v) is 18.1. The smallest absolute Gasteiger partial charge is 0.407 e. The van der Waals surface area contributed by atoms with Crippen molar-refractivity contribution in [2.45, 2.75) is 196 Å². The van der Waals surface area contributed by atoms with Crippen molar-refractivity contribution in [1.82, 2.24) is 16.0 Å². The van der Waals surface area contributed by atoms with Crippen molar-refractivity contribution in [3.05, 3.63) is 0 Å². The Morgan fingerprint density at radius 2 is 0.833 bits per heavy atom. The predicted molar refractivity (Wildman–Crippen MR) is 201 cm³/mol. The molecular weight excluding hydrogens is 798 g/mol. The Balaban J connectivity index is 1.26. The minimum absolute atomic E-state index is 0.290. The molecule has 15 atom stereocenters. The van der Waals surface area contributed by atoms with Crippen molar-refractivity contribution < 1.29 is 85.5 Å². The Morgan fingerprint density at radius 1 is 0.517 bits per heavy atom. The summed E-state index contributed by atoms with van der Waals surface area (Å²) in [6, 6.07) is -3.12. The van der Waals surface area contributed by atoms with E-state index in [0.29, 0.717) is 0 Å². The molecule has 6 saturated heterocycles. The number of rotatable bonds is 15. The third kappa shape index (κ3) is 10.5. The van der Waals surface area contributed by atoms with E-state index in [2.05, 4.69) is 16.0 Å². The molecule has 342 valence electrons. The van der Waals surface area contributed by atoms with Crippen molar-refractivity contribution in [1.29, 1.82) is 0 Å². The van der Waals surface area contributed by atoms with Crippen LogP contribution in [0.4, 0.5) is 4.79 Å². The first-order valence-electron chi connectivity index (χ1n) is 20.2. The highest BCUT2D eigenvalue weighted by Crippen LogP contribution is 2.43. The number of methoxy groups -OCH3 is 4. The fourth-order valence-corrected chi connectivity index (χ4v) is 8.72. The van der Waals surface area contributed by atoms with Crippen molar-refractivity contribution in [3.63, 3.8) is 0 Å². The summed E-state index contributed by atoms with van der Waals surface area (Å²) in [5.74, 6) is -4.88. The van der Waals surface area contributed by atoms with Crippen LogP contribution in [-0.4, -0.2) is 167 Å². The van der Waals surface area contributed by atoms with Crippen LogP contribution in [0, 0.1) is 0 Å². The molecule has 0 aromatic rings. The third-order valence-corrected chi connectivity index (χ3v) is 10.8. The van der Waals surface area contributed by atoms with Gasteiger partial charge >= 0.3 is 12.1 Å². The third-order valence-electron chi connectivity index (χ3n) is 10.8. The fourth-order valence-electron chi connectivity index (χ4n) is 8.72. The molecule has 6 fully saturated rings. The Kier molecular flexibility index (Phi) is 13.8. The highest BCUT2D eigenvalue weighted by molar-refractivity contribution is 5.81. The summed E-state index contributed by atoms with van der Waals surface area (Å²) >= 11 is 0. The number of esters is 1. The van der Waals surface area contributed by atoms with Crippen LogP contribution in [0.15, 0.2) is 0 Å². The van der Waals surface area contributed by atoms with Gasteiger partial charge in [0, 0.05) is 34.2 Å². The van der Waals surface area contributed by atoms with E-state index in [0.717, 1.165) is 0 Å². The number of hydrogen-bond donors (Lipinski definition) is 3. The van der Waals surface area contributed by atoms with Crippen LogP contribution in [0.3, 0.4) is 0 Å². The lowest BCUT2D eigenvalue weighted by atomic mass is 9.97. The molecule has 21 nitrogen and oxygen atoms in total. The molecule has 0 aromatic carbocycles. The van der Waals surface area contributed by atoms with Gasteiger partial charge in [0.25, 0.3) is 0 Å². The number of nitrogens with one attached hydrogen (secondary N) is 3. The molecule has 0 radical (unpaired) electrons. The Morgan fingerprint density at radius 3 is 1.15 bits per heavy atom. The zero-order chi connectivity index (χ0) is 44.1. The van der Waals surface area contributed by atoms with Crippen molar-refractivity contribution in [3.8, 4) is 0 Å². The van der Waals surface area contributed by atoms with Crippen LogP contribution >= 0.6 is 0 Å². The van der Waals surface area contributed by atoms with Gasteiger partial charge in [-0.05, 0) is 62.3 Å². The van der Waals surface area contributed by atoms with Crippen molar-refractivity contribution >= 4 is 23.9 Å². The van der Waals surface area contributed by atoms with E-state index < -0.39 is 139 Å². The predicted octanol–water partition coefficient (Wildman–Crippen LogP) is 0.867. The van der Waals surface area contributed by atoms with E-state index in [1.807, 2.05) is 0 Å². The molecule has 3 amide bonds. The van der Waals surface area contributed by atoms with Crippen LogP contribution in [0.25, 0.3) is 0 Å². The average Bonchev–Trinajstić information content (AvgIpc) is 3.94. The number of carbonyl (C=O) groups excluding carboxylic acids is 4. The summed E-state index contributed by atoms with van der Waals surface area (Å²) in [4.78, 5) is 54.6. The number of ether oxygens (including phenoxy) is 14. The first-order chi connectivity index (χ1) is 28.0. The molecule has 0 aromatic heterocycles. The van der Waals surface area contributed by atoms with Gasteiger partial charge in [-0.2, -0.15) is 0 Å². The maximum Gasteiger partial charge on any atom is 0.407 e. The van der Waals surface area contributed by atoms with Crippen LogP contribution in [0.1, 0.15) is 81.6 Å². The van der Waals surface area contributed by atoms with E-state index >= 15 is 0 Å². The Labute approximate surface area is 349 Å². The normalized spacial score (nSPS) is 37.4. The van der Waals surface area contributed by atoms with Gasteiger partial charge in [0.15, 0.2) is 36.2 Å². The second kappa shape index (κ2) is 17.8. The van der Waals surface area contributed by atoms with Crippen LogP contribution in [0.2, 0.25) is 0 Å². The number of fused-ring (bicyclic) bond motifs is 3. The van der Waals surface area contributed by atoms with Gasteiger partial charge in [0.2, 0.25) is 11.8 Å². The molecule has 0 unspecified atom stereocenters. The summed E-state index contributed by atoms with van der Waals surface area (Å²) in [5, 5.41) is 8.65. The number of amides is 3. The first kappa shape index (κ1) is 46.7.